The van der Waals surface area contributed by atoms with Crippen molar-refractivity contribution >= 4 is 23.5 Å². The number of imidazole rings is 1. The zero-order valence-corrected chi connectivity index (χ0v) is 21.0. The molecule has 0 aliphatic heterocycles. The monoisotopic (exact) mass is 500 g/mol. The summed E-state index contributed by atoms with van der Waals surface area (Å²) in [6, 6.07) is 11.9. The van der Waals surface area contributed by atoms with Crippen LogP contribution in [0.4, 0.5) is 11.6 Å². The second kappa shape index (κ2) is 10.9. The predicted molar refractivity (Wildman–Crippen MR) is 145 cm³/mol. The van der Waals surface area contributed by atoms with Crippen molar-refractivity contribution in [2.75, 3.05) is 30.8 Å². The van der Waals surface area contributed by atoms with Crippen LogP contribution in [0.1, 0.15) is 29.7 Å². The van der Waals surface area contributed by atoms with Crippen molar-refractivity contribution < 1.29 is 9.84 Å². The summed E-state index contributed by atoms with van der Waals surface area (Å²) in [5.74, 6) is 2.33. The third kappa shape index (κ3) is 5.87. The lowest BCUT2D eigenvalue weighted by atomic mass is 10.2. The van der Waals surface area contributed by atoms with Crippen LogP contribution in [-0.4, -0.2) is 63.0 Å². The van der Waals surface area contributed by atoms with Gasteiger partial charge >= 0.3 is 0 Å². The molecule has 1 unspecified atom stereocenters. The van der Waals surface area contributed by atoms with Crippen LogP contribution in [-0.2, 0) is 6.54 Å². The molecular formula is C27H32N8O2. The molecule has 5 rings (SSSR count). The van der Waals surface area contributed by atoms with Gasteiger partial charge in [0.2, 0.25) is 0 Å². The average Bonchev–Trinajstić information content (AvgIpc) is 3.61. The highest BCUT2D eigenvalue weighted by atomic mass is 16.5. The van der Waals surface area contributed by atoms with Crippen LogP contribution < -0.4 is 20.7 Å². The lowest BCUT2D eigenvalue weighted by Crippen LogP contribution is -2.29. The van der Waals surface area contributed by atoms with E-state index in [0.717, 1.165) is 35.3 Å². The number of ether oxygens (including phenoxy) is 1. The van der Waals surface area contributed by atoms with E-state index < -0.39 is 6.10 Å². The van der Waals surface area contributed by atoms with E-state index in [1.165, 1.54) is 6.21 Å². The van der Waals surface area contributed by atoms with Gasteiger partial charge in [0.25, 0.3) is 0 Å². The molecule has 1 aliphatic rings. The summed E-state index contributed by atoms with van der Waals surface area (Å²) in [4.78, 5) is 14.3. The standard InChI is InChI=1S/C27H32N8O2/c1-17-5-4-10-35-15-20(32-27(17)35)13-30-25-23(12-28)26(31-19-8-9-19)34-24(33-25)18-6-3-7-22(11-18)37-16-21(36)14-29-2/h3-7,10-12,15,19,21,28-29,36H,8-9,13-14,16H2,1-2H3,(H2,30,31,33,34). The van der Waals surface area contributed by atoms with Gasteiger partial charge in [-0.15, -0.1) is 0 Å². The maximum atomic E-state index is 9.97. The molecule has 192 valence electrons. The normalized spacial score (nSPS) is 13.9. The number of anilines is 2. The molecule has 0 amide bonds. The van der Waals surface area contributed by atoms with Crippen molar-refractivity contribution in [3.05, 3.63) is 65.6 Å². The van der Waals surface area contributed by atoms with Gasteiger partial charge in [-0.2, -0.15) is 0 Å². The number of nitrogens with one attached hydrogen (secondary N) is 4. The number of aryl methyl sites for hydroxylation is 1. The van der Waals surface area contributed by atoms with Crippen LogP contribution in [0.5, 0.6) is 5.75 Å². The predicted octanol–water partition coefficient (Wildman–Crippen LogP) is 3.24. The SMILES string of the molecule is CNCC(O)COc1cccc(-c2nc(NCc3cn4cccc(C)c4n3)c(C=N)c(NC3CC3)n2)c1. The molecule has 37 heavy (non-hydrogen) atoms. The number of aliphatic hydroxyl groups is 1. The molecule has 0 radical (unpaired) electrons. The average molecular weight is 501 g/mol. The van der Waals surface area contributed by atoms with Crippen LogP contribution in [0.2, 0.25) is 0 Å². The summed E-state index contributed by atoms with van der Waals surface area (Å²) in [6.07, 6.45) is 6.82. The third-order valence-corrected chi connectivity index (χ3v) is 6.15. The molecule has 5 N–H and O–H groups in total. The van der Waals surface area contributed by atoms with Crippen LogP contribution in [0, 0.1) is 12.3 Å². The van der Waals surface area contributed by atoms with Crippen molar-refractivity contribution in [2.24, 2.45) is 0 Å². The van der Waals surface area contributed by atoms with Gasteiger partial charge < -0.3 is 35.6 Å². The van der Waals surface area contributed by atoms with Crippen molar-refractivity contribution in [1.29, 1.82) is 5.41 Å². The fourth-order valence-corrected chi connectivity index (χ4v) is 4.08. The summed E-state index contributed by atoms with van der Waals surface area (Å²) in [5, 5.41) is 27.8. The van der Waals surface area contributed by atoms with Crippen molar-refractivity contribution in [2.45, 2.75) is 38.5 Å². The Morgan fingerprint density at radius 2 is 2.03 bits per heavy atom. The molecule has 3 heterocycles. The largest absolute Gasteiger partial charge is 0.491 e. The number of aliphatic hydroxyl groups excluding tert-OH is 1. The van der Waals surface area contributed by atoms with Crippen molar-refractivity contribution in [3.8, 4) is 17.1 Å². The molecule has 1 aliphatic carbocycles. The van der Waals surface area contributed by atoms with Crippen LogP contribution in [0.15, 0.2) is 48.8 Å². The minimum atomic E-state index is -0.606. The Morgan fingerprint density at radius 3 is 2.78 bits per heavy atom. The summed E-state index contributed by atoms with van der Waals surface area (Å²) in [7, 11) is 1.79. The molecule has 1 aromatic carbocycles. The molecule has 3 aromatic heterocycles. The van der Waals surface area contributed by atoms with E-state index >= 15 is 0 Å². The summed E-state index contributed by atoms with van der Waals surface area (Å²) < 4.78 is 7.79. The minimum Gasteiger partial charge on any atom is -0.491 e. The molecule has 1 atom stereocenters. The Hall–Kier alpha value is -4.02. The van der Waals surface area contributed by atoms with Gasteiger partial charge in [0, 0.05) is 36.8 Å². The minimum absolute atomic E-state index is 0.178. The Morgan fingerprint density at radius 1 is 1.19 bits per heavy atom. The number of pyridine rings is 1. The number of likely N-dealkylation sites (N-methyl/N-ethyl adjacent to an activating group) is 1. The molecule has 1 saturated carbocycles. The first-order chi connectivity index (χ1) is 18.0. The van der Waals surface area contributed by atoms with Gasteiger partial charge in [-0.25, -0.2) is 15.0 Å². The van der Waals surface area contributed by atoms with E-state index in [1.807, 2.05) is 60.1 Å². The number of benzene rings is 1. The molecule has 4 aromatic rings. The van der Waals surface area contributed by atoms with E-state index in [4.69, 9.17) is 25.1 Å². The molecule has 1 fully saturated rings. The Bertz CT molecular complexity index is 1400. The van der Waals surface area contributed by atoms with Crippen LogP contribution >= 0.6 is 0 Å². The molecule has 0 bridgehead atoms. The van der Waals surface area contributed by atoms with E-state index in [9.17, 15) is 5.11 Å². The maximum Gasteiger partial charge on any atom is 0.164 e. The summed E-state index contributed by atoms with van der Waals surface area (Å²) in [5.41, 5.74) is 4.29. The zero-order chi connectivity index (χ0) is 25.8. The quantitative estimate of drug-likeness (QED) is 0.187. The van der Waals surface area contributed by atoms with Gasteiger partial charge in [-0.05, 0) is 50.6 Å². The number of hydrogen-bond acceptors (Lipinski definition) is 9. The van der Waals surface area contributed by atoms with Crippen LogP contribution in [0.25, 0.3) is 17.0 Å². The lowest BCUT2D eigenvalue weighted by molar-refractivity contribution is 0.108. The van der Waals surface area contributed by atoms with E-state index in [2.05, 4.69) is 16.0 Å². The first kappa shape index (κ1) is 24.7. The first-order valence-electron chi connectivity index (χ1n) is 12.5. The highest BCUT2D eigenvalue weighted by molar-refractivity contribution is 5.91. The van der Waals surface area contributed by atoms with Gasteiger partial charge in [0.05, 0.1) is 17.8 Å². The number of aromatic nitrogens is 4. The van der Waals surface area contributed by atoms with E-state index in [-0.39, 0.29) is 6.61 Å². The lowest BCUT2D eigenvalue weighted by Gasteiger charge is -2.15. The van der Waals surface area contributed by atoms with Gasteiger partial charge in [-0.1, -0.05) is 18.2 Å². The molecule has 10 nitrogen and oxygen atoms in total. The van der Waals surface area contributed by atoms with Crippen molar-refractivity contribution in [3.63, 3.8) is 0 Å². The van der Waals surface area contributed by atoms with Crippen LogP contribution in [0.3, 0.4) is 0 Å². The Kier molecular flexibility index (Phi) is 7.29. The number of nitrogens with zero attached hydrogens (tertiary/aromatic N) is 4. The zero-order valence-electron chi connectivity index (χ0n) is 21.0. The fraction of sp³-hybridized carbons (Fsp3) is 0.333. The fourth-order valence-electron chi connectivity index (χ4n) is 4.08. The van der Waals surface area contributed by atoms with Crippen molar-refractivity contribution in [1.82, 2.24) is 24.7 Å². The number of hydrogen-bond donors (Lipinski definition) is 5. The molecule has 10 heteroatoms. The molecular weight excluding hydrogens is 468 g/mol. The smallest absolute Gasteiger partial charge is 0.164 e. The molecule has 0 saturated heterocycles. The second-order valence-corrected chi connectivity index (χ2v) is 9.28. The number of fused-ring (bicyclic) bond motifs is 1. The van der Waals surface area contributed by atoms with Gasteiger partial charge in [0.1, 0.15) is 35.7 Å². The number of rotatable bonds is 12. The summed E-state index contributed by atoms with van der Waals surface area (Å²) in [6.45, 7) is 3.12. The first-order valence-corrected chi connectivity index (χ1v) is 12.5. The van der Waals surface area contributed by atoms with Gasteiger partial charge in [0.15, 0.2) is 5.82 Å². The Balaban J connectivity index is 1.43. The summed E-state index contributed by atoms with van der Waals surface area (Å²) >= 11 is 0. The second-order valence-electron chi connectivity index (χ2n) is 9.28. The Labute approximate surface area is 215 Å². The third-order valence-electron chi connectivity index (χ3n) is 6.15. The highest BCUT2D eigenvalue weighted by Crippen LogP contribution is 2.31. The van der Waals surface area contributed by atoms with E-state index in [0.29, 0.717) is 47.9 Å². The molecule has 0 spiro atoms. The van der Waals surface area contributed by atoms with E-state index in [1.54, 1.807) is 7.05 Å². The maximum absolute atomic E-state index is 9.97. The van der Waals surface area contributed by atoms with Gasteiger partial charge in [-0.3, -0.25) is 0 Å². The topological polar surface area (TPSA) is 132 Å². The highest BCUT2D eigenvalue weighted by Gasteiger charge is 2.24.